The first-order chi connectivity index (χ1) is 7.39. The molecule has 1 saturated carbocycles. The Morgan fingerprint density at radius 2 is 1.94 bits per heavy atom. The molecule has 3 nitrogen and oxygen atoms in total. The average Bonchev–Trinajstić information content (AvgIpc) is 2.90. The van der Waals surface area contributed by atoms with E-state index in [0.29, 0.717) is 0 Å². The second-order valence-electron chi connectivity index (χ2n) is 4.40. The van der Waals surface area contributed by atoms with Crippen LogP contribution in [-0.4, -0.2) is 31.0 Å². The van der Waals surface area contributed by atoms with Gasteiger partial charge in [-0.1, -0.05) is 0 Å². The zero-order valence-corrected chi connectivity index (χ0v) is 8.84. The van der Waals surface area contributed by atoms with E-state index in [1.807, 2.05) is 0 Å². The van der Waals surface area contributed by atoms with E-state index >= 15 is 0 Å². The lowest BCUT2D eigenvalue weighted by molar-refractivity contribution is -0.184. The number of carbonyl (C=O) groups excluding carboxylic acids is 1. The summed E-state index contributed by atoms with van der Waals surface area (Å²) in [6.07, 6.45) is -4.12. The van der Waals surface area contributed by atoms with Crippen LogP contribution in [0.15, 0.2) is 0 Å². The van der Waals surface area contributed by atoms with Gasteiger partial charge in [0.1, 0.15) is 5.60 Å². The van der Waals surface area contributed by atoms with E-state index in [1.165, 1.54) is 7.11 Å². The molecule has 0 aromatic heterocycles. The van der Waals surface area contributed by atoms with Crippen molar-refractivity contribution in [1.82, 2.24) is 0 Å². The lowest BCUT2D eigenvalue weighted by atomic mass is 9.79. The second kappa shape index (κ2) is 3.61. The number of hydrogen-bond donors (Lipinski definition) is 0. The lowest BCUT2D eigenvalue weighted by Gasteiger charge is -2.28. The van der Waals surface area contributed by atoms with Crippen molar-refractivity contribution in [1.29, 1.82) is 0 Å². The molecule has 0 aromatic carbocycles. The number of halogens is 3. The molecule has 0 bridgehead atoms. The average molecular weight is 238 g/mol. The first-order valence-corrected chi connectivity index (χ1v) is 5.21. The molecule has 2 fully saturated rings. The van der Waals surface area contributed by atoms with Crippen LogP contribution in [0.25, 0.3) is 0 Å². The third-order valence-electron chi connectivity index (χ3n) is 3.48. The predicted octanol–water partition coefficient (Wildman–Crippen LogP) is 2.05. The van der Waals surface area contributed by atoms with Crippen LogP contribution in [0, 0.1) is 5.92 Å². The lowest BCUT2D eigenvalue weighted by Crippen LogP contribution is -2.33. The van der Waals surface area contributed by atoms with E-state index in [-0.39, 0.29) is 25.7 Å². The summed E-state index contributed by atoms with van der Waals surface area (Å²) in [7, 11) is 1.25. The minimum Gasteiger partial charge on any atom is -0.467 e. The fraction of sp³-hybridized carbons (Fsp3) is 0.900. The topological polar surface area (TPSA) is 38.8 Å². The van der Waals surface area contributed by atoms with Crippen molar-refractivity contribution in [3.63, 3.8) is 0 Å². The van der Waals surface area contributed by atoms with Gasteiger partial charge < -0.3 is 9.47 Å². The van der Waals surface area contributed by atoms with E-state index in [1.54, 1.807) is 0 Å². The van der Waals surface area contributed by atoms with E-state index < -0.39 is 29.8 Å². The van der Waals surface area contributed by atoms with E-state index in [9.17, 15) is 18.0 Å². The molecule has 1 unspecified atom stereocenters. The molecular formula is C10H13F3O3. The third kappa shape index (κ3) is 1.90. The Morgan fingerprint density at radius 3 is 2.38 bits per heavy atom. The number of alkyl halides is 3. The van der Waals surface area contributed by atoms with Gasteiger partial charge in [0.2, 0.25) is 0 Å². The fourth-order valence-electron chi connectivity index (χ4n) is 2.38. The maximum Gasteiger partial charge on any atom is 0.391 e. The number of hydrogen-bond acceptors (Lipinski definition) is 3. The summed E-state index contributed by atoms with van der Waals surface area (Å²) in [5.74, 6) is -1.73. The van der Waals surface area contributed by atoms with Crippen LogP contribution in [-0.2, 0) is 14.3 Å². The van der Waals surface area contributed by atoms with Crippen molar-refractivity contribution in [3.8, 4) is 0 Å². The maximum absolute atomic E-state index is 12.4. The molecule has 1 aliphatic carbocycles. The second-order valence-corrected chi connectivity index (χ2v) is 4.40. The van der Waals surface area contributed by atoms with Crippen molar-refractivity contribution >= 4 is 5.97 Å². The van der Waals surface area contributed by atoms with Crippen molar-refractivity contribution in [2.45, 2.75) is 43.6 Å². The van der Waals surface area contributed by atoms with Gasteiger partial charge in [0.05, 0.1) is 13.0 Å². The molecule has 2 rings (SSSR count). The Kier molecular flexibility index (Phi) is 2.64. The Labute approximate surface area is 90.9 Å². The highest BCUT2D eigenvalue weighted by molar-refractivity contribution is 5.79. The summed E-state index contributed by atoms with van der Waals surface area (Å²) in [6, 6.07) is 0. The van der Waals surface area contributed by atoms with Gasteiger partial charge in [-0.2, -0.15) is 13.2 Å². The minimum absolute atomic E-state index is 0.0387. The van der Waals surface area contributed by atoms with Gasteiger partial charge in [-0.05, 0) is 25.7 Å². The minimum atomic E-state index is -4.13. The Balaban J connectivity index is 1.90. The highest BCUT2D eigenvalue weighted by Crippen LogP contribution is 2.52. The molecule has 92 valence electrons. The first kappa shape index (κ1) is 11.7. The van der Waals surface area contributed by atoms with Crippen LogP contribution in [0.4, 0.5) is 13.2 Å². The van der Waals surface area contributed by atoms with E-state index in [0.717, 1.165) is 0 Å². The summed E-state index contributed by atoms with van der Waals surface area (Å²) in [6.45, 7) is 0. The molecule has 6 heteroatoms. The zero-order chi connectivity index (χ0) is 12.0. The quantitative estimate of drug-likeness (QED) is 0.518. The van der Waals surface area contributed by atoms with Gasteiger partial charge in [0.15, 0.2) is 6.10 Å². The highest BCUT2D eigenvalue weighted by Gasteiger charge is 2.63. The number of ether oxygens (including phenoxy) is 2. The molecular weight excluding hydrogens is 225 g/mol. The number of rotatable bonds is 1. The molecule has 0 amide bonds. The van der Waals surface area contributed by atoms with Crippen LogP contribution in [0.2, 0.25) is 0 Å². The summed E-state index contributed by atoms with van der Waals surface area (Å²) < 4.78 is 46.9. The molecule has 0 aromatic rings. The Bertz CT molecular complexity index is 292. The fourth-order valence-corrected chi connectivity index (χ4v) is 2.38. The highest BCUT2D eigenvalue weighted by atomic mass is 19.4. The Hall–Kier alpha value is -0.780. The van der Waals surface area contributed by atoms with Crippen LogP contribution in [0.5, 0.6) is 0 Å². The number of esters is 1. The van der Waals surface area contributed by atoms with Crippen LogP contribution < -0.4 is 0 Å². The molecule has 2 aliphatic rings. The number of carbonyl (C=O) groups is 1. The van der Waals surface area contributed by atoms with Crippen molar-refractivity contribution < 1.29 is 27.4 Å². The van der Waals surface area contributed by atoms with E-state index in [2.05, 4.69) is 4.74 Å². The monoisotopic (exact) mass is 238 g/mol. The summed E-state index contributed by atoms with van der Waals surface area (Å²) in [5, 5.41) is 0. The molecule has 1 saturated heterocycles. The molecule has 0 radical (unpaired) electrons. The van der Waals surface area contributed by atoms with Gasteiger partial charge in [-0.15, -0.1) is 0 Å². The number of epoxide rings is 1. The standard InChI is InChI=1S/C10H13F3O3/c1-15-8(14)7-9(16-7)4-2-6(3-5-9)10(11,12)13/h6-7H,2-5H2,1H3. The van der Waals surface area contributed by atoms with Gasteiger partial charge >= 0.3 is 12.1 Å². The van der Waals surface area contributed by atoms with Crippen LogP contribution >= 0.6 is 0 Å². The van der Waals surface area contributed by atoms with Gasteiger partial charge in [0, 0.05) is 0 Å². The van der Waals surface area contributed by atoms with Crippen LogP contribution in [0.1, 0.15) is 25.7 Å². The summed E-state index contributed by atoms with van der Waals surface area (Å²) in [4.78, 5) is 11.2. The zero-order valence-electron chi connectivity index (χ0n) is 8.84. The third-order valence-corrected chi connectivity index (χ3v) is 3.48. The molecule has 1 atom stereocenters. The van der Waals surface area contributed by atoms with Gasteiger partial charge in [-0.25, -0.2) is 4.79 Å². The SMILES string of the molecule is COC(=O)C1OC12CCC(C(F)(F)F)CC2. The smallest absolute Gasteiger partial charge is 0.391 e. The Morgan fingerprint density at radius 1 is 1.38 bits per heavy atom. The largest absolute Gasteiger partial charge is 0.467 e. The molecule has 1 heterocycles. The maximum atomic E-state index is 12.4. The molecule has 1 spiro atoms. The predicted molar refractivity (Wildman–Crippen MR) is 47.6 cm³/mol. The van der Waals surface area contributed by atoms with Crippen molar-refractivity contribution in [3.05, 3.63) is 0 Å². The molecule has 16 heavy (non-hydrogen) atoms. The van der Waals surface area contributed by atoms with Crippen LogP contribution in [0.3, 0.4) is 0 Å². The normalized spacial score (nSPS) is 38.5. The van der Waals surface area contributed by atoms with Crippen molar-refractivity contribution in [2.75, 3.05) is 7.11 Å². The van der Waals surface area contributed by atoms with E-state index in [4.69, 9.17) is 4.74 Å². The summed E-state index contributed by atoms with van der Waals surface area (Å²) in [5.41, 5.74) is -0.658. The van der Waals surface area contributed by atoms with Gasteiger partial charge in [0.25, 0.3) is 0 Å². The number of methoxy groups -OCH3 is 1. The summed E-state index contributed by atoms with van der Waals surface area (Å²) >= 11 is 0. The molecule has 0 N–H and O–H groups in total. The molecule has 1 aliphatic heterocycles. The first-order valence-electron chi connectivity index (χ1n) is 5.21. The van der Waals surface area contributed by atoms with Crippen molar-refractivity contribution in [2.24, 2.45) is 5.92 Å². The van der Waals surface area contributed by atoms with Gasteiger partial charge in [-0.3, -0.25) is 0 Å².